The predicted molar refractivity (Wildman–Crippen MR) is 75.1 cm³/mol. The minimum absolute atomic E-state index is 0.214. The van der Waals surface area contributed by atoms with E-state index < -0.39 is 24.3 Å². The largest absolute Gasteiger partial charge is 0.484 e. The Balaban J connectivity index is 2.29. The Bertz CT molecular complexity index is 542. The Morgan fingerprint density at radius 1 is 1.05 bits per heavy atom. The number of carboxylic acids is 1. The lowest BCUT2D eigenvalue weighted by atomic mass is 10.1. The number of aryl methyl sites for hydroxylation is 2. The van der Waals surface area contributed by atoms with Gasteiger partial charge in [0, 0.05) is 0 Å². The summed E-state index contributed by atoms with van der Waals surface area (Å²) in [6.45, 7) is 2.93. The summed E-state index contributed by atoms with van der Waals surface area (Å²) in [5.41, 5.74) is 2.18. The topological polar surface area (TPSA) is 105 Å². The van der Waals surface area contributed by atoms with E-state index >= 15 is 0 Å². The molecule has 0 aromatic heterocycles. The zero-order chi connectivity index (χ0) is 15.8. The van der Waals surface area contributed by atoms with Crippen molar-refractivity contribution in [3.05, 3.63) is 29.3 Å². The molecule has 3 N–H and O–H groups in total. The first-order valence-electron chi connectivity index (χ1n) is 6.33. The first-order chi connectivity index (χ1) is 9.88. The van der Waals surface area contributed by atoms with Crippen molar-refractivity contribution in [3.8, 4) is 5.75 Å². The fourth-order valence-corrected chi connectivity index (χ4v) is 1.42. The van der Waals surface area contributed by atoms with Crippen molar-refractivity contribution in [2.75, 3.05) is 19.7 Å². The van der Waals surface area contributed by atoms with E-state index in [1.165, 1.54) is 0 Å². The monoisotopic (exact) mass is 294 g/mol. The van der Waals surface area contributed by atoms with Gasteiger partial charge in [-0.15, -0.1) is 0 Å². The Labute approximate surface area is 122 Å². The summed E-state index contributed by atoms with van der Waals surface area (Å²) in [7, 11) is 0. The smallest absolute Gasteiger partial charge is 0.322 e. The molecule has 7 nitrogen and oxygen atoms in total. The lowest BCUT2D eigenvalue weighted by Gasteiger charge is -2.09. The molecule has 7 heteroatoms. The number of carboxylic acid groups (broad SMARTS) is 1. The first-order valence-corrected chi connectivity index (χ1v) is 6.33. The summed E-state index contributed by atoms with van der Waals surface area (Å²) in [6, 6.07) is 5.47. The molecule has 2 amide bonds. The zero-order valence-electron chi connectivity index (χ0n) is 11.9. The summed E-state index contributed by atoms with van der Waals surface area (Å²) in [5, 5.41) is 12.8. The molecule has 0 saturated carbocycles. The third kappa shape index (κ3) is 6.42. The predicted octanol–water partition coefficient (Wildman–Crippen LogP) is -0.000760. The summed E-state index contributed by atoms with van der Waals surface area (Å²) in [5.74, 6) is -1.60. The van der Waals surface area contributed by atoms with Crippen LogP contribution in [-0.2, 0) is 14.4 Å². The van der Waals surface area contributed by atoms with Crippen molar-refractivity contribution in [3.63, 3.8) is 0 Å². The number of carbonyl (C=O) groups is 3. The van der Waals surface area contributed by atoms with Crippen LogP contribution < -0.4 is 15.4 Å². The molecular formula is C14H18N2O5. The average molecular weight is 294 g/mol. The van der Waals surface area contributed by atoms with Crippen LogP contribution in [0.4, 0.5) is 0 Å². The van der Waals surface area contributed by atoms with Crippen LogP contribution in [0.15, 0.2) is 18.2 Å². The molecule has 21 heavy (non-hydrogen) atoms. The standard InChI is InChI=1S/C14H18N2O5/c1-9-3-4-11(5-10(9)2)21-8-13(18)15-6-12(17)16-7-14(19)20/h3-5H,6-8H2,1-2H3,(H,15,18)(H,16,17)(H,19,20). The molecule has 0 heterocycles. The number of hydrogen-bond acceptors (Lipinski definition) is 4. The molecule has 1 rings (SSSR count). The second-order valence-corrected chi connectivity index (χ2v) is 4.48. The normalized spacial score (nSPS) is 9.81. The van der Waals surface area contributed by atoms with E-state index in [-0.39, 0.29) is 13.2 Å². The molecule has 0 fully saturated rings. The summed E-state index contributed by atoms with van der Waals surface area (Å²) in [4.78, 5) is 32.9. The minimum atomic E-state index is -1.15. The van der Waals surface area contributed by atoms with Crippen LogP contribution in [0.25, 0.3) is 0 Å². The molecule has 0 unspecified atom stereocenters. The number of rotatable bonds is 7. The van der Waals surface area contributed by atoms with Gasteiger partial charge in [-0.1, -0.05) is 6.07 Å². The van der Waals surface area contributed by atoms with E-state index in [9.17, 15) is 14.4 Å². The number of carbonyl (C=O) groups excluding carboxylic acids is 2. The van der Waals surface area contributed by atoms with Gasteiger partial charge in [0.05, 0.1) is 6.54 Å². The highest BCUT2D eigenvalue weighted by atomic mass is 16.5. The van der Waals surface area contributed by atoms with Crippen LogP contribution in [0.2, 0.25) is 0 Å². The van der Waals surface area contributed by atoms with Gasteiger partial charge in [-0.05, 0) is 37.1 Å². The maximum atomic E-state index is 11.5. The van der Waals surface area contributed by atoms with Crippen LogP contribution in [0, 0.1) is 13.8 Å². The fraction of sp³-hybridized carbons (Fsp3) is 0.357. The number of ether oxygens (including phenoxy) is 1. The third-order valence-electron chi connectivity index (χ3n) is 2.73. The maximum absolute atomic E-state index is 11.5. The fourth-order valence-electron chi connectivity index (χ4n) is 1.42. The molecule has 0 radical (unpaired) electrons. The maximum Gasteiger partial charge on any atom is 0.322 e. The van der Waals surface area contributed by atoms with Gasteiger partial charge in [0.2, 0.25) is 5.91 Å². The second-order valence-electron chi connectivity index (χ2n) is 4.48. The molecular weight excluding hydrogens is 276 g/mol. The quantitative estimate of drug-likeness (QED) is 0.656. The number of amides is 2. The van der Waals surface area contributed by atoms with Gasteiger partial charge in [-0.25, -0.2) is 0 Å². The van der Waals surface area contributed by atoms with Crippen molar-refractivity contribution in [2.24, 2.45) is 0 Å². The van der Waals surface area contributed by atoms with E-state index in [1.54, 1.807) is 6.07 Å². The molecule has 1 aromatic rings. The van der Waals surface area contributed by atoms with E-state index in [4.69, 9.17) is 9.84 Å². The molecule has 0 aliphatic carbocycles. The molecule has 0 spiro atoms. The summed E-state index contributed by atoms with van der Waals surface area (Å²) < 4.78 is 5.30. The zero-order valence-corrected chi connectivity index (χ0v) is 11.9. The molecule has 0 atom stereocenters. The molecule has 0 aliphatic heterocycles. The minimum Gasteiger partial charge on any atom is -0.484 e. The van der Waals surface area contributed by atoms with Gasteiger partial charge < -0.3 is 20.5 Å². The van der Waals surface area contributed by atoms with Gasteiger partial charge in [-0.3, -0.25) is 14.4 Å². The Hall–Kier alpha value is -2.57. The van der Waals surface area contributed by atoms with Crippen LogP contribution in [0.3, 0.4) is 0 Å². The molecule has 0 aliphatic rings. The van der Waals surface area contributed by atoms with E-state index in [0.29, 0.717) is 5.75 Å². The SMILES string of the molecule is Cc1ccc(OCC(=O)NCC(=O)NCC(=O)O)cc1C. The van der Waals surface area contributed by atoms with E-state index in [2.05, 4.69) is 10.6 Å². The number of nitrogens with one attached hydrogen (secondary N) is 2. The van der Waals surface area contributed by atoms with Crippen LogP contribution in [-0.4, -0.2) is 42.6 Å². The molecule has 114 valence electrons. The van der Waals surface area contributed by atoms with Gasteiger partial charge in [-0.2, -0.15) is 0 Å². The lowest BCUT2D eigenvalue weighted by molar-refractivity contribution is -0.137. The van der Waals surface area contributed by atoms with E-state index in [0.717, 1.165) is 11.1 Å². The Kier molecular flexibility index (Phi) is 6.19. The van der Waals surface area contributed by atoms with Gasteiger partial charge in [0.15, 0.2) is 6.61 Å². The highest BCUT2D eigenvalue weighted by Gasteiger charge is 2.07. The molecule has 1 aromatic carbocycles. The third-order valence-corrected chi connectivity index (χ3v) is 2.73. The molecule has 0 saturated heterocycles. The Morgan fingerprint density at radius 3 is 2.33 bits per heavy atom. The summed E-state index contributed by atoms with van der Waals surface area (Å²) >= 11 is 0. The summed E-state index contributed by atoms with van der Waals surface area (Å²) in [6.07, 6.45) is 0. The number of aliphatic carboxylic acids is 1. The van der Waals surface area contributed by atoms with Gasteiger partial charge in [0.1, 0.15) is 12.3 Å². The second kappa shape index (κ2) is 7.88. The van der Waals surface area contributed by atoms with E-state index in [1.807, 2.05) is 26.0 Å². The highest BCUT2D eigenvalue weighted by molar-refractivity contribution is 5.87. The van der Waals surface area contributed by atoms with Crippen LogP contribution in [0.1, 0.15) is 11.1 Å². The average Bonchev–Trinajstić information content (AvgIpc) is 2.44. The van der Waals surface area contributed by atoms with Gasteiger partial charge >= 0.3 is 5.97 Å². The molecule has 0 bridgehead atoms. The highest BCUT2D eigenvalue weighted by Crippen LogP contribution is 2.16. The van der Waals surface area contributed by atoms with Crippen LogP contribution >= 0.6 is 0 Å². The first kappa shape index (κ1) is 16.5. The van der Waals surface area contributed by atoms with Crippen molar-refractivity contribution >= 4 is 17.8 Å². The van der Waals surface area contributed by atoms with Crippen molar-refractivity contribution < 1.29 is 24.2 Å². The number of hydrogen-bond donors (Lipinski definition) is 3. The lowest BCUT2D eigenvalue weighted by Crippen LogP contribution is -2.40. The van der Waals surface area contributed by atoms with Gasteiger partial charge in [0.25, 0.3) is 5.91 Å². The Morgan fingerprint density at radius 2 is 1.71 bits per heavy atom. The van der Waals surface area contributed by atoms with Crippen LogP contribution in [0.5, 0.6) is 5.75 Å². The van der Waals surface area contributed by atoms with Crippen molar-refractivity contribution in [2.45, 2.75) is 13.8 Å². The number of benzene rings is 1. The van der Waals surface area contributed by atoms with Crippen molar-refractivity contribution in [1.29, 1.82) is 0 Å². The van der Waals surface area contributed by atoms with Crippen molar-refractivity contribution in [1.82, 2.24) is 10.6 Å².